The normalized spacial score (nSPS) is 5.83. The molecule has 0 heterocycles. The smallest absolute Gasteiger partial charge is 0.224 e. The molecule has 1 radical (unpaired) electrons. The molecule has 0 rings (SSSR count). The maximum atomic E-state index is 9.15. The van der Waals surface area contributed by atoms with Crippen LogP contribution in [0.1, 0.15) is 0 Å². The molecule has 6 heavy (non-hydrogen) atoms. The minimum absolute atomic E-state index is 1.16. The van der Waals surface area contributed by atoms with Crippen LogP contribution in [0.2, 0.25) is 0 Å². The highest BCUT2D eigenvalue weighted by atomic mass is 16.4. The lowest BCUT2D eigenvalue weighted by Gasteiger charge is -1.70. The Morgan fingerprint density at radius 3 is 2.33 bits per heavy atom. The molecule has 0 saturated carbocycles. The first kappa shape index (κ1) is 4.76. The average Bonchev–Trinajstić information content (AvgIpc) is 1.35. The summed E-state index contributed by atoms with van der Waals surface area (Å²) in [5.41, 5.74) is 0. The number of hydrogen-bond donors (Lipinski definition) is 1. The number of nitrogens with one attached hydrogen (secondary N) is 1. The van der Waals surface area contributed by atoms with Crippen LogP contribution in [0.5, 0.6) is 0 Å². The third-order valence-corrected chi connectivity index (χ3v) is 0.158. The van der Waals surface area contributed by atoms with E-state index in [0.717, 1.165) is 6.19 Å². The van der Waals surface area contributed by atoms with Crippen molar-refractivity contribution in [2.24, 2.45) is 0 Å². The van der Waals surface area contributed by atoms with Crippen molar-refractivity contribution in [1.82, 2.24) is 5.32 Å². The first-order chi connectivity index (χ1) is 2.77. The van der Waals surface area contributed by atoms with E-state index in [0.29, 0.717) is 0 Å². The molecule has 4 heteroatoms. The monoisotopic (exact) mass is 85.0 g/mol. The molecular formula is C2HN2O2. The summed E-state index contributed by atoms with van der Waals surface area (Å²) >= 11 is 0. The molecule has 0 unspecified atom stereocenters. The lowest BCUT2D eigenvalue weighted by atomic mass is 11.1. The molecule has 0 fully saturated rings. The molecule has 31 valence electrons. The lowest BCUT2D eigenvalue weighted by molar-refractivity contribution is 0.173. The zero-order valence-electron chi connectivity index (χ0n) is 2.76. The Kier molecular flexibility index (Phi) is 1.61. The largest absolute Gasteiger partial charge is 0.463 e. The third-order valence-electron chi connectivity index (χ3n) is 0.158. The van der Waals surface area contributed by atoms with Gasteiger partial charge < -0.3 is 0 Å². The summed E-state index contributed by atoms with van der Waals surface area (Å²) in [6.45, 7) is 0. The third kappa shape index (κ3) is 2.76. The second kappa shape index (κ2) is 2.03. The first-order valence-corrected chi connectivity index (χ1v) is 1.13. The van der Waals surface area contributed by atoms with E-state index in [1.54, 1.807) is 0 Å². The predicted molar refractivity (Wildman–Crippen MR) is 14.8 cm³/mol. The second-order valence-corrected chi connectivity index (χ2v) is 0.524. The fraction of sp³-hybridized carbons (Fsp3) is 0. The molecule has 0 aliphatic heterocycles. The van der Waals surface area contributed by atoms with Gasteiger partial charge in [0.05, 0.1) is 0 Å². The fourth-order valence-corrected chi connectivity index (χ4v) is 0.0456. The van der Waals surface area contributed by atoms with Crippen molar-refractivity contribution >= 4 is 6.09 Å². The molecule has 0 bridgehead atoms. The van der Waals surface area contributed by atoms with Gasteiger partial charge in [-0.3, -0.25) is 0 Å². The summed E-state index contributed by atoms with van der Waals surface area (Å²) in [7, 11) is 0. The number of amides is 1. The Hall–Kier alpha value is -1.24. The Balaban J connectivity index is 3.13. The van der Waals surface area contributed by atoms with Gasteiger partial charge >= 0.3 is 6.09 Å². The summed E-state index contributed by atoms with van der Waals surface area (Å²) in [5, 5.41) is 17.9. The van der Waals surface area contributed by atoms with Gasteiger partial charge in [-0.15, -0.1) is 0 Å². The SMILES string of the molecule is N#CNC([O])=O. The summed E-state index contributed by atoms with van der Waals surface area (Å²) in [6.07, 6.45) is -0.417. The van der Waals surface area contributed by atoms with Crippen molar-refractivity contribution in [2.75, 3.05) is 0 Å². The van der Waals surface area contributed by atoms with Gasteiger partial charge in [0.2, 0.25) is 0 Å². The molecule has 0 spiro atoms. The van der Waals surface area contributed by atoms with Crippen LogP contribution >= 0.6 is 0 Å². The zero-order chi connectivity index (χ0) is 4.99. The molecule has 4 nitrogen and oxygen atoms in total. The van der Waals surface area contributed by atoms with Gasteiger partial charge in [0.1, 0.15) is 0 Å². The molecule has 0 atom stereocenters. The van der Waals surface area contributed by atoms with E-state index in [2.05, 4.69) is 0 Å². The predicted octanol–water partition coefficient (Wildman–Crippen LogP) is -0.392. The number of nitrogens with zero attached hydrogens (tertiary/aromatic N) is 1. The van der Waals surface area contributed by atoms with Crippen LogP contribution in [0.25, 0.3) is 0 Å². The number of nitriles is 1. The van der Waals surface area contributed by atoms with Crippen LogP contribution in [-0.4, -0.2) is 6.09 Å². The van der Waals surface area contributed by atoms with Gasteiger partial charge in [-0.1, -0.05) is 0 Å². The number of rotatable bonds is 0. The molecule has 0 aromatic carbocycles. The van der Waals surface area contributed by atoms with E-state index < -0.39 is 6.09 Å². The molecule has 0 saturated heterocycles. The topological polar surface area (TPSA) is 72.8 Å². The van der Waals surface area contributed by atoms with Crippen LogP contribution in [0, 0.1) is 11.5 Å². The van der Waals surface area contributed by atoms with Gasteiger partial charge in [-0.25, -0.2) is 15.2 Å². The Morgan fingerprint density at radius 1 is 1.83 bits per heavy atom. The van der Waals surface area contributed by atoms with E-state index >= 15 is 0 Å². The highest BCUT2D eigenvalue weighted by Gasteiger charge is 1.88. The summed E-state index contributed by atoms with van der Waals surface area (Å²) in [5.74, 6) is 0. The van der Waals surface area contributed by atoms with E-state index in [1.807, 2.05) is 0 Å². The van der Waals surface area contributed by atoms with Crippen molar-refractivity contribution in [3.8, 4) is 6.19 Å². The Morgan fingerprint density at radius 2 is 2.33 bits per heavy atom. The molecule has 0 aliphatic carbocycles. The average molecular weight is 85.0 g/mol. The fourth-order valence-electron chi connectivity index (χ4n) is 0.0456. The van der Waals surface area contributed by atoms with Crippen molar-refractivity contribution < 1.29 is 9.90 Å². The van der Waals surface area contributed by atoms with Crippen molar-refractivity contribution in [2.45, 2.75) is 0 Å². The zero-order valence-corrected chi connectivity index (χ0v) is 2.76. The van der Waals surface area contributed by atoms with E-state index in [-0.39, 0.29) is 0 Å². The molecule has 1 N–H and O–H groups in total. The highest BCUT2D eigenvalue weighted by Crippen LogP contribution is 1.51. The van der Waals surface area contributed by atoms with E-state index in [4.69, 9.17) is 15.2 Å². The standard InChI is InChI=1S/C2HN2O2/c3-1-4-2(5)6/h4H. The van der Waals surface area contributed by atoms with Gasteiger partial charge in [-0.05, 0) is 0 Å². The molecular weight excluding hydrogens is 84.0 g/mol. The van der Waals surface area contributed by atoms with Crippen LogP contribution in [-0.2, 0) is 5.11 Å². The van der Waals surface area contributed by atoms with E-state index in [1.165, 1.54) is 5.32 Å². The maximum absolute atomic E-state index is 9.15. The van der Waals surface area contributed by atoms with Gasteiger partial charge in [0, 0.05) is 0 Å². The van der Waals surface area contributed by atoms with Gasteiger partial charge in [-0.2, -0.15) is 5.26 Å². The summed E-state index contributed by atoms with van der Waals surface area (Å²) < 4.78 is 0. The Labute approximate surface area is 34.0 Å². The van der Waals surface area contributed by atoms with Gasteiger partial charge in [0.25, 0.3) is 0 Å². The number of carbonyl (C=O) groups excluding carboxylic acids is 1. The van der Waals surface area contributed by atoms with Crippen molar-refractivity contribution in [1.29, 1.82) is 5.26 Å². The first-order valence-electron chi connectivity index (χ1n) is 1.13. The van der Waals surface area contributed by atoms with Crippen LogP contribution in [0.4, 0.5) is 4.79 Å². The highest BCUT2D eigenvalue weighted by molar-refractivity contribution is 5.65. The number of hydrogen-bond acceptors (Lipinski definition) is 2. The van der Waals surface area contributed by atoms with E-state index in [9.17, 15) is 0 Å². The lowest BCUT2D eigenvalue weighted by Crippen LogP contribution is -2.11. The molecule has 0 aromatic rings. The maximum Gasteiger partial charge on any atom is 0.463 e. The number of carbonyl (C=O) groups is 1. The summed E-state index contributed by atoms with van der Waals surface area (Å²) in [6, 6.07) is 0. The van der Waals surface area contributed by atoms with Crippen LogP contribution < -0.4 is 5.32 Å². The van der Waals surface area contributed by atoms with Gasteiger partial charge in [0.15, 0.2) is 6.19 Å². The van der Waals surface area contributed by atoms with Crippen LogP contribution in [0.3, 0.4) is 0 Å². The molecule has 0 aromatic heterocycles. The Bertz CT molecular complexity index is 92.2. The molecule has 0 aliphatic rings. The van der Waals surface area contributed by atoms with Crippen molar-refractivity contribution in [3.63, 3.8) is 0 Å². The second-order valence-electron chi connectivity index (χ2n) is 0.524. The van der Waals surface area contributed by atoms with Crippen molar-refractivity contribution in [3.05, 3.63) is 0 Å². The minimum atomic E-state index is -1.57. The summed E-state index contributed by atoms with van der Waals surface area (Å²) in [4.78, 5) is 9.15. The quantitative estimate of drug-likeness (QED) is 0.321. The van der Waals surface area contributed by atoms with Crippen LogP contribution in [0.15, 0.2) is 0 Å². The minimum Gasteiger partial charge on any atom is -0.224 e. The molecule has 1 amide bonds.